The third-order valence-electron chi connectivity index (χ3n) is 5.06. The molecular formula is C22H22N4O3. The van der Waals surface area contributed by atoms with E-state index in [2.05, 4.69) is 15.7 Å². The molecule has 2 amide bonds. The van der Waals surface area contributed by atoms with Crippen LogP contribution in [0.15, 0.2) is 48.5 Å². The molecule has 1 atom stereocenters. The van der Waals surface area contributed by atoms with Crippen LogP contribution in [0.4, 0.5) is 11.5 Å². The highest BCUT2D eigenvalue weighted by Crippen LogP contribution is 2.35. The highest BCUT2D eigenvalue weighted by molar-refractivity contribution is 6.02. The highest BCUT2D eigenvalue weighted by Gasteiger charge is 2.34. The molecule has 1 aliphatic rings. The number of hydrogen-bond donors (Lipinski definition) is 2. The fourth-order valence-electron chi connectivity index (χ4n) is 3.43. The summed E-state index contributed by atoms with van der Waals surface area (Å²) in [5.41, 5.74) is 4.22. The first-order chi connectivity index (χ1) is 14.0. The van der Waals surface area contributed by atoms with E-state index in [1.165, 1.54) is 0 Å². The van der Waals surface area contributed by atoms with Gasteiger partial charge in [0.05, 0.1) is 19.2 Å². The minimum atomic E-state index is -0.717. The van der Waals surface area contributed by atoms with E-state index in [-0.39, 0.29) is 18.2 Å². The van der Waals surface area contributed by atoms with Gasteiger partial charge in [-0.1, -0.05) is 17.7 Å². The van der Waals surface area contributed by atoms with Gasteiger partial charge in [0, 0.05) is 16.8 Å². The number of carbonyl (C=O) groups excluding carboxylic acids is 2. The molecule has 2 N–H and O–H groups in total. The van der Waals surface area contributed by atoms with Gasteiger partial charge in [0.25, 0.3) is 0 Å². The van der Waals surface area contributed by atoms with Crippen molar-refractivity contribution >= 4 is 23.3 Å². The van der Waals surface area contributed by atoms with E-state index in [9.17, 15) is 9.59 Å². The number of fused-ring (bicyclic) bond motifs is 1. The molecule has 0 saturated carbocycles. The number of hydrogen-bond acceptors (Lipinski definition) is 4. The van der Waals surface area contributed by atoms with E-state index in [1.807, 2.05) is 62.4 Å². The lowest BCUT2D eigenvalue weighted by molar-refractivity contribution is -0.125. The van der Waals surface area contributed by atoms with E-state index in [0.717, 1.165) is 28.1 Å². The Balaban J connectivity index is 1.67. The zero-order valence-corrected chi connectivity index (χ0v) is 16.5. The van der Waals surface area contributed by atoms with Crippen LogP contribution in [0, 0.1) is 13.8 Å². The average Bonchev–Trinajstić information content (AvgIpc) is 3.05. The molecule has 0 spiro atoms. The van der Waals surface area contributed by atoms with Gasteiger partial charge in [0.2, 0.25) is 11.8 Å². The van der Waals surface area contributed by atoms with Crippen LogP contribution in [-0.4, -0.2) is 28.7 Å². The Morgan fingerprint density at radius 2 is 1.83 bits per heavy atom. The summed E-state index contributed by atoms with van der Waals surface area (Å²) < 4.78 is 6.82. The summed E-state index contributed by atoms with van der Waals surface area (Å²) >= 11 is 0. The number of aryl methyl sites for hydroxylation is 1. The van der Waals surface area contributed by atoms with Crippen molar-refractivity contribution in [2.24, 2.45) is 0 Å². The maximum Gasteiger partial charge on any atom is 0.249 e. The van der Waals surface area contributed by atoms with Gasteiger partial charge in [0.1, 0.15) is 17.6 Å². The molecule has 1 aromatic heterocycles. The summed E-state index contributed by atoms with van der Waals surface area (Å²) in [6.07, 6.45) is 0.0356. The normalized spacial score (nSPS) is 15.4. The molecule has 7 nitrogen and oxygen atoms in total. The van der Waals surface area contributed by atoms with Gasteiger partial charge >= 0.3 is 0 Å². The lowest BCUT2D eigenvalue weighted by Crippen LogP contribution is -2.35. The zero-order valence-electron chi connectivity index (χ0n) is 16.5. The van der Waals surface area contributed by atoms with Crippen LogP contribution in [-0.2, 0) is 9.59 Å². The molecule has 29 heavy (non-hydrogen) atoms. The van der Waals surface area contributed by atoms with Crippen LogP contribution in [0.3, 0.4) is 0 Å². The van der Waals surface area contributed by atoms with Crippen molar-refractivity contribution in [3.05, 3.63) is 59.7 Å². The number of nitrogens with zero attached hydrogens (tertiary/aromatic N) is 2. The molecule has 0 fully saturated rings. The Morgan fingerprint density at radius 3 is 2.48 bits per heavy atom. The quantitative estimate of drug-likeness (QED) is 0.711. The second kappa shape index (κ2) is 7.43. The molecule has 2 aromatic carbocycles. The van der Waals surface area contributed by atoms with E-state index < -0.39 is 6.04 Å². The smallest absolute Gasteiger partial charge is 0.249 e. The van der Waals surface area contributed by atoms with Gasteiger partial charge in [-0.25, -0.2) is 4.68 Å². The van der Waals surface area contributed by atoms with Crippen molar-refractivity contribution in [3.63, 3.8) is 0 Å². The molecule has 7 heteroatoms. The monoisotopic (exact) mass is 390 g/mol. The molecule has 0 saturated heterocycles. The number of amides is 2. The van der Waals surface area contributed by atoms with Crippen molar-refractivity contribution in [2.75, 3.05) is 17.7 Å². The number of methoxy groups -OCH3 is 1. The molecular weight excluding hydrogens is 368 g/mol. The summed E-state index contributed by atoms with van der Waals surface area (Å²) in [4.78, 5) is 25.2. The Bertz CT molecular complexity index is 1070. The van der Waals surface area contributed by atoms with Crippen LogP contribution in [0.2, 0.25) is 0 Å². The number of aromatic nitrogens is 2. The molecule has 148 valence electrons. The number of nitrogens with one attached hydrogen (secondary N) is 2. The third-order valence-corrected chi connectivity index (χ3v) is 5.06. The van der Waals surface area contributed by atoms with E-state index in [1.54, 1.807) is 11.8 Å². The molecule has 4 rings (SSSR count). The lowest BCUT2D eigenvalue weighted by atomic mass is 10.1. The number of carbonyl (C=O) groups is 2. The van der Waals surface area contributed by atoms with E-state index in [0.29, 0.717) is 11.5 Å². The number of benzene rings is 2. The summed E-state index contributed by atoms with van der Waals surface area (Å²) in [7, 11) is 1.61. The van der Waals surface area contributed by atoms with Crippen LogP contribution >= 0.6 is 0 Å². The predicted octanol–water partition coefficient (Wildman–Crippen LogP) is 3.70. The van der Waals surface area contributed by atoms with E-state index in [4.69, 9.17) is 4.74 Å². The maximum atomic E-state index is 12.9. The Hall–Kier alpha value is -3.61. The first-order valence-electron chi connectivity index (χ1n) is 9.37. The van der Waals surface area contributed by atoms with Crippen molar-refractivity contribution in [3.8, 4) is 17.0 Å². The second-order valence-corrected chi connectivity index (χ2v) is 7.12. The first kappa shape index (κ1) is 18.7. The standard InChI is InChI=1S/C22H22N4O3/c1-13-4-8-16(9-5-13)23-22(28)18-12-19(27)24-21-14(2)20(25-26(18)21)15-6-10-17(29-3)11-7-15/h4-11,18H,12H2,1-3H3,(H,23,28)(H,24,27)/t18-/m0/s1. The van der Waals surface area contributed by atoms with Crippen LogP contribution in [0.5, 0.6) is 5.75 Å². The predicted molar refractivity (Wildman–Crippen MR) is 111 cm³/mol. The van der Waals surface area contributed by atoms with Gasteiger partial charge < -0.3 is 15.4 Å². The van der Waals surface area contributed by atoms with Crippen molar-refractivity contribution < 1.29 is 14.3 Å². The lowest BCUT2D eigenvalue weighted by Gasteiger charge is -2.24. The Morgan fingerprint density at radius 1 is 1.14 bits per heavy atom. The number of rotatable bonds is 4. The number of anilines is 2. The maximum absolute atomic E-state index is 12.9. The fourth-order valence-corrected chi connectivity index (χ4v) is 3.43. The summed E-state index contributed by atoms with van der Waals surface area (Å²) in [5.74, 6) is 0.828. The minimum Gasteiger partial charge on any atom is -0.497 e. The second-order valence-electron chi connectivity index (χ2n) is 7.12. The van der Waals surface area contributed by atoms with Crippen LogP contribution in [0.1, 0.15) is 23.6 Å². The topological polar surface area (TPSA) is 85.2 Å². The highest BCUT2D eigenvalue weighted by atomic mass is 16.5. The van der Waals surface area contributed by atoms with Gasteiger partial charge in [0.15, 0.2) is 0 Å². The number of ether oxygens (including phenoxy) is 1. The van der Waals surface area contributed by atoms with Crippen LogP contribution < -0.4 is 15.4 Å². The van der Waals surface area contributed by atoms with Crippen molar-refractivity contribution in [1.29, 1.82) is 0 Å². The Kier molecular flexibility index (Phi) is 4.80. The van der Waals surface area contributed by atoms with Gasteiger partial charge in [-0.2, -0.15) is 5.10 Å². The Labute approximate surface area is 168 Å². The van der Waals surface area contributed by atoms with E-state index >= 15 is 0 Å². The minimum absolute atomic E-state index is 0.0356. The average molecular weight is 390 g/mol. The molecule has 0 aliphatic carbocycles. The molecule has 1 aliphatic heterocycles. The van der Waals surface area contributed by atoms with Gasteiger partial charge in [-0.05, 0) is 50.2 Å². The largest absolute Gasteiger partial charge is 0.497 e. The molecule has 3 aromatic rings. The summed E-state index contributed by atoms with van der Waals surface area (Å²) in [6.45, 7) is 3.87. The SMILES string of the molecule is COc1ccc(-c2nn3c(c2C)NC(=O)C[C@H]3C(=O)Nc2ccc(C)cc2)cc1. The van der Waals surface area contributed by atoms with Crippen molar-refractivity contribution in [2.45, 2.75) is 26.3 Å². The first-order valence-corrected chi connectivity index (χ1v) is 9.37. The molecule has 0 radical (unpaired) electrons. The molecule has 0 bridgehead atoms. The van der Waals surface area contributed by atoms with Gasteiger partial charge in [-0.15, -0.1) is 0 Å². The zero-order chi connectivity index (χ0) is 20.5. The third kappa shape index (κ3) is 3.59. The fraction of sp³-hybridized carbons (Fsp3) is 0.227. The van der Waals surface area contributed by atoms with Gasteiger partial charge in [-0.3, -0.25) is 9.59 Å². The van der Waals surface area contributed by atoms with Crippen LogP contribution in [0.25, 0.3) is 11.3 Å². The summed E-state index contributed by atoms with van der Waals surface area (Å²) in [5, 5.41) is 10.4. The van der Waals surface area contributed by atoms with Crippen molar-refractivity contribution in [1.82, 2.24) is 9.78 Å². The molecule has 2 heterocycles. The summed E-state index contributed by atoms with van der Waals surface area (Å²) in [6, 6.07) is 14.3. The molecule has 0 unspecified atom stereocenters.